The van der Waals surface area contributed by atoms with Crippen molar-refractivity contribution in [1.29, 1.82) is 0 Å². The number of nitrogens with zero attached hydrogens (tertiary/aromatic N) is 3. The predicted octanol–water partition coefficient (Wildman–Crippen LogP) is 15.4. The maximum Gasteiger partial charge on any atom is 0.252 e. The van der Waals surface area contributed by atoms with Crippen LogP contribution in [0.2, 0.25) is 0 Å². The van der Waals surface area contributed by atoms with Gasteiger partial charge in [-0.3, -0.25) is 0 Å². The van der Waals surface area contributed by atoms with Crippen LogP contribution in [0, 0.1) is 0 Å². The van der Waals surface area contributed by atoms with Crippen LogP contribution in [0.25, 0.3) is 38.1 Å². The molecule has 0 N–H and O–H groups in total. The molecule has 0 bridgehead atoms. The third kappa shape index (κ3) is 6.37. The quantitative estimate of drug-likeness (QED) is 0.160. The van der Waals surface area contributed by atoms with Crippen molar-refractivity contribution in [3.8, 4) is 0 Å². The third-order valence-corrected chi connectivity index (χ3v) is 15.1. The Hall–Kier alpha value is -6.00. The van der Waals surface area contributed by atoms with Crippen LogP contribution < -0.4 is 26.2 Å². The lowest BCUT2D eigenvalue weighted by Gasteiger charge is -2.44. The first kappa shape index (κ1) is 42.6. The van der Waals surface area contributed by atoms with Gasteiger partial charge in [0.1, 0.15) is 0 Å². The van der Waals surface area contributed by atoms with Gasteiger partial charge in [-0.1, -0.05) is 158 Å². The molecule has 4 heteroatoms. The first-order valence-corrected chi connectivity index (χ1v) is 24.3. The number of anilines is 6. The van der Waals surface area contributed by atoms with E-state index < -0.39 is 0 Å². The summed E-state index contributed by atoms with van der Waals surface area (Å²) < 4.78 is 2.59. The average Bonchev–Trinajstić information content (AvgIpc) is 3.75. The van der Waals surface area contributed by atoms with Gasteiger partial charge in [-0.2, -0.15) is 0 Å². The van der Waals surface area contributed by atoms with Crippen LogP contribution in [0.1, 0.15) is 132 Å². The van der Waals surface area contributed by atoms with Crippen LogP contribution >= 0.6 is 0 Å². The zero-order chi connectivity index (χ0) is 46.8. The molecule has 0 spiro atoms. The van der Waals surface area contributed by atoms with Crippen molar-refractivity contribution in [3.63, 3.8) is 0 Å². The van der Waals surface area contributed by atoms with Crippen LogP contribution in [0.3, 0.4) is 0 Å². The molecular formula is C62H66BN3. The second-order valence-corrected chi connectivity index (χ2v) is 24.8. The number of fused-ring (bicyclic) bond motifs is 10. The van der Waals surface area contributed by atoms with Crippen LogP contribution in [-0.2, 0) is 27.1 Å². The molecule has 0 amide bonds. The Morgan fingerprint density at radius 1 is 0.333 bits per heavy atom. The highest BCUT2D eigenvalue weighted by atomic mass is 15.2. The maximum absolute atomic E-state index is 2.61. The van der Waals surface area contributed by atoms with Crippen molar-refractivity contribution >= 4 is 95.3 Å². The Morgan fingerprint density at radius 2 is 0.758 bits per heavy atom. The first-order chi connectivity index (χ1) is 30.9. The summed E-state index contributed by atoms with van der Waals surface area (Å²) in [5.41, 5.74) is 22.1. The van der Waals surface area contributed by atoms with Crippen molar-refractivity contribution in [2.45, 2.75) is 131 Å². The topological polar surface area (TPSA) is 10.9 Å². The summed E-state index contributed by atoms with van der Waals surface area (Å²) in [6.45, 7) is 34.9. The number of aromatic nitrogens is 1. The SMILES string of the molecule is CC(C)(C)c1ccc(N2c3ccc(C(C)(C)C)cc3B3c4cc5c6cc(C(C)(C)C)cc7c8cc(C(C)(C)C)ccc8n(c5cc4N(c4ccc(C(C)(C)C)cc4)c4cccc2c43)c76)cc1. The van der Waals surface area contributed by atoms with Crippen molar-refractivity contribution in [2.24, 2.45) is 0 Å². The molecule has 4 heterocycles. The second-order valence-electron chi connectivity index (χ2n) is 24.8. The zero-order valence-electron chi connectivity index (χ0n) is 42.0. The fourth-order valence-corrected chi connectivity index (χ4v) is 11.1. The summed E-state index contributed by atoms with van der Waals surface area (Å²) in [4.78, 5) is 5.13. The molecule has 0 unspecified atom stereocenters. The van der Waals surface area contributed by atoms with Crippen molar-refractivity contribution in [1.82, 2.24) is 4.40 Å². The van der Waals surface area contributed by atoms with Gasteiger partial charge >= 0.3 is 0 Å². The van der Waals surface area contributed by atoms with Crippen LogP contribution in [0.4, 0.5) is 34.1 Å². The number of benzene rings is 7. The van der Waals surface area contributed by atoms with E-state index in [4.69, 9.17) is 0 Å². The zero-order valence-corrected chi connectivity index (χ0v) is 42.0. The molecule has 0 saturated carbocycles. The second kappa shape index (κ2) is 13.8. The van der Waals surface area contributed by atoms with Gasteiger partial charge < -0.3 is 14.2 Å². The summed E-state index contributed by atoms with van der Waals surface area (Å²) in [6, 6.07) is 50.5. The highest BCUT2D eigenvalue weighted by molar-refractivity contribution is 7.00. The fourth-order valence-electron chi connectivity index (χ4n) is 11.1. The summed E-state index contributed by atoms with van der Waals surface area (Å²) in [6.07, 6.45) is 0. The molecular weight excluding hydrogens is 798 g/mol. The standard InChI is InChI=1S/C62H66BN3/c1-58(2,3)37-19-25-42(26-20-37)64-51-30-24-40(61(10,11)12)34-48(51)63-49-35-45-47-33-41(62(13,14)15)32-46-44-31-39(60(7,8)9)23-29-50(44)66(57(46)47)54(45)36-55(49)65(53-18-16-17-52(64)56(53)63)43-27-21-38(22-28-43)59(4,5)6/h16-36H,1-15H3. The predicted molar refractivity (Wildman–Crippen MR) is 289 cm³/mol. The minimum Gasteiger partial charge on any atom is -0.311 e. The lowest BCUT2D eigenvalue weighted by atomic mass is 9.33. The molecule has 9 aromatic rings. The normalized spacial score (nSPS) is 14.5. The lowest BCUT2D eigenvalue weighted by molar-refractivity contribution is 0.590. The smallest absolute Gasteiger partial charge is 0.252 e. The molecule has 66 heavy (non-hydrogen) atoms. The Balaban J connectivity index is 1.27. The summed E-state index contributed by atoms with van der Waals surface area (Å²) in [5, 5.41) is 5.34. The number of hydrogen-bond acceptors (Lipinski definition) is 2. The average molecular weight is 864 g/mol. The molecule has 332 valence electrons. The molecule has 0 aliphatic carbocycles. The molecule has 3 nitrogen and oxygen atoms in total. The van der Waals surface area contributed by atoms with E-state index >= 15 is 0 Å². The first-order valence-electron chi connectivity index (χ1n) is 24.3. The van der Waals surface area contributed by atoms with Gasteiger partial charge in [-0.15, -0.1) is 0 Å². The summed E-state index contributed by atoms with van der Waals surface area (Å²) in [5.74, 6) is 0. The fraction of sp³-hybridized carbons (Fsp3) is 0.323. The van der Waals surface area contributed by atoms with Crippen LogP contribution in [0.15, 0.2) is 127 Å². The van der Waals surface area contributed by atoms with Gasteiger partial charge in [0.25, 0.3) is 6.71 Å². The summed E-state index contributed by atoms with van der Waals surface area (Å²) >= 11 is 0. The Bertz CT molecular complexity index is 3420. The number of rotatable bonds is 2. The molecule has 0 radical (unpaired) electrons. The number of hydrogen-bond donors (Lipinski definition) is 0. The molecule has 2 aliphatic rings. The molecule has 11 rings (SSSR count). The highest BCUT2D eigenvalue weighted by Crippen LogP contribution is 2.48. The Kier molecular flexibility index (Phi) is 8.90. The minimum atomic E-state index is -0.0271. The Labute approximate surface area is 393 Å². The molecule has 7 aromatic carbocycles. The van der Waals surface area contributed by atoms with E-state index in [1.165, 1.54) is 116 Å². The van der Waals surface area contributed by atoms with Gasteiger partial charge in [0.15, 0.2) is 0 Å². The van der Waals surface area contributed by atoms with E-state index in [0.29, 0.717) is 0 Å². The third-order valence-electron chi connectivity index (χ3n) is 15.1. The Morgan fingerprint density at radius 3 is 1.27 bits per heavy atom. The van der Waals surface area contributed by atoms with E-state index in [-0.39, 0.29) is 33.8 Å². The molecule has 0 fully saturated rings. The molecule has 2 aromatic heterocycles. The molecule has 0 saturated heterocycles. The van der Waals surface area contributed by atoms with Gasteiger partial charge in [0, 0.05) is 55.7 Å². The lowest BCUT2D eigenvalue weighted by Crippen LogP contribution is -2.61. The van der Waals surface area contributed by atoms with Crippen molar-refractivity contribution in [2.75, 3.05) is 9.80 Å². The largest absolute Gasteiger partial charge is 0.311 e. The molecule has 2 aliphatic heterocycles. The summed E-state index contributed by atoms with van der Waals surface area (Å²) in [7, 11) is 0. The van der Waals surface area contributed by atoms with Gasteiger partial charge in [-0.05, 0) is 144 Å². The van der Waals surface area contributed by atoms with E-state index in [9.17, 15) is 0 Å². The van der Waals surface area contributed by atoms with Crippen LogP contribution in [0.5, 0.6) is 0 Å². The van der Waals surface area contributed by atoms with Crippen molar-refractivity contribution in [3.05, 3.63) is 155 Å². The maximum atomic E-state index is 2.61. The van der Waals surface area contributed by atoms with Gasteiger partial charge in [0.05, 0.1) is 16.6 Å². The van der Waals surface area contributed by atoms with Gasteiger partial charge in [0.2, 0.25) is 0 Å². The molecule has 0 atom stereocenters. The highest BCUT2D eigenvalue weighted by Gasteiger charge is 2.44. The minimum absolute atomic E-state index is 0.0105. The monoisotopic (exact) mass is 864 g/mol. The van der Waals surface area contributed by atoms with Gasteiger partial charge in [-0.25, -0.2) is 0 Å². The van der Waals surface area contributed by atoms with E-state index in [2.05, 4.69) is 245 Å². The van der Waals surface area contributed by atoms with E-state index in [1.54, 1.807) is 0 Å². The van der Waals surface area contributed by atoms with Crippen molar-refractivity contribution < 1.29 is 0 Å². The van der Waals surface area contributed by atoms with E-state index in [1.807, 2.05) is 0 Å². The van der Waals surface area contributed by atoms with Crippen LogP contribution in [-0.4, -0.2) is 11.1 Å². The van der Waals surface area contributed by atoms with E-state index in [0.717, 1.165) is 0 Å².